The summed E-state index contributed by atoms with van der Waals surface area (Å²) in [5, 5.41) is 6.22. The Morgan fingerprint density at radius 2 is 2.00 bits per heavy atom. The Kier molecular flexibility index (Phi) is 4.33. The first-order valence-electron chi connectivity index (χ1n) is 8.24. The lowest BCUT2D eigenvalue weighted by Crippen LogP contribution is -2.52. The highest BCUT2D eigenvalue weighted by atomic mass is 16.2. The van der Waals surface area contributed by atoms with Gasteiger partial charge in [-0.25, -0.2) is 4.79 Å². The van der Waals surface area contributed by atoms with E-state index in [1.54, 1.807) is 0 Å². The number of likely N-dealkylation sites (N-methyl/N-ethyl adjacent to an activating group) is 1. The number of hydrogen-bond acceptors (Lipinski definition) is 3. The van der Waals surface area contributed by atoms with E-state index in [1.165, 1.54) is 12.8 Å². The highest BCUT2D eigenvalue weighted by Crippen LogP contribution is 2.19. The van der Waals surface area contributed by atoms with Crippen molar-refractivity contribution in [1.82, 2.24) is 20.4 Å². The molecule has 1 saturated carbocycles. The van der Waals surface area contributed by atoms with E-state index >= 15 is 0 Å². The molecule has 0 spiro atoms. The number of nitrogens with zero attached hydrogens (tertiary/aromatic N) is 2. The maximum atomic E-state index is 12.5. The maximum Gasteiger partial charge on any atom is 0.317 e. The summed E-state index contributed by atoms with van der Waals surface area (Å²) < 4.78 is 0. The molecule has 2 heterocycles. The third kappa shape index (κ3) is 3.31. The minimum absolute atomic E-state index is 0.0124. The second kappa shape index (κ2) is 6.22. The molecular formula is C15H26N4O2. The number of carbonyl (C=O) groups excluding carboxylic acids is 2. The molecule has 2 bridgehead atoms. The zero-order chi connectivity index (χ0) is 14.8. The second-order valence-electron chi connectivity index (χ2n) is 6.59. The minimum atomic E-state index is -0.105. The molecule has 2 aliphatic heterocycles. The molecule has 21 heavy (non-hydrogen) atoms. The van der Waals surface area contributed by atoms with Crippen LogP contribution in [0.4, 0.5) is 4.79 Å². The monoisotopic (exact) mass is 294 g/mol. The lowest BCUT2D eigenvalue weighted by atomic mass is 10.1. The normalized spacial score (nSPS) is 30.9. The zero-order valence-corrected chi connectivity index (χ0v) is 12.8. The number of hydrogen-bond donors (Lipinski definition) is 2. The van der Waals surface area contributed by atoms with Crippen molar-refractivity contribution in [2.24, 2.45) is 5.92 Å². The Bertz CT molecular complexity index is 408. The Hall–Kier alpha value is -1.30. The molecule has 2 N–H and O–H groups in total. The fourth-order valence-corrected chi connectivity index (χ4v) is 3.76. The fraction of sp³-hybridized carbons (Fsp3) is 0.867. The summed E-state index contributed by atoms with van der Waals surface area (Å²) in [4.78, 5) is 28.8. The second-order valence-corrected chi connectivity index (χ2v) is 6.59. The SMILES string of the molecule is CCN1C[C@H]2CN(C(=O)NC3CCCC3)C[C@@H](C1)C(=O)N2. The molecule has 118 valence electrons. The standard InChI is InChI=1S/C15H26N4O2/c1-2-18-7-11-8-19(10-13(9-18)16-14(11)20)15(21)17-12-5-3-4-6-12/h11-13H,2-10H2,1H3,(H,16,20)(H,17,21)/t11-,13+/m1/s1. The Balaban J connectivity index is 1.65. The van der Waals surface area contributed by atoms with Crippen LogP contribution in [0.25, 0.3) is 0 Å². The first-order chi connectivity index (χ1) is 10.2. The molecule has 6 nitrogen and oxygen atoms in total. The summed E-state index contributed by atoms with van der Waals surface area (Å²) in [6.45, 7) is 5.83. The third-order valence-electron chi connectivity index (χ3n) is 4.97. The van der Waals surface area contributed by atoms with Crippen LogP contribution >= 0.6 is 0 Å². The van der Waals surface area contributed by atoms with Crippen LogP contribution < -0.4 is 10.6 Å². The predicted molar refractivity (Wildman–Crippen MR) is 79.9 cm³/mol. The van der Waals surface area contributed by atoms with Gasteiger partial charge >= 0.3 is 6.03 Å². The van der Waals surface area contributed by atoms with Gasteiger partial charge in [0.2, 0.25) is 5.91 Å². The third-order valence-corrected chi connectivity index (χ3v) is 4.97. The van der Waals surface area contributed by atoms with E-state index in [0.29, 0.717) is 19.1 Å². The van der Waals surface area contributed by atoms with Gasteiger partial charge in [-0.3, -0.25) is 4.79 Å². The van der Waals surface area contributed by atoms with E-state index in [2.05, 4.69) is 22.5 Å². The summed E-state index contributed by atoms with van der Waals surface area (Å²) in [5.74, 6) is -0.00102. The van der Waals surface area contributed by atoms with Gasteiger partial charge in [0, 0.05) is 32.2 Å². The molecule has 0 radical (unpaired) electrons. The van der Waals surface area contributed by atoms with Crippen molar-refractivity contribution in [2.45, 2.75) is 44.7 Å². The maximum absolute atomic E-state index is 12.5. The van der Waals surface area contributed by atoms with Gasteiger partial charge in [-0.15, -0.1) is 0 Å². The van der Waals surface area contributed by atoms with Crippen molar-refractivity contribution in [3.8, 4) is 0 Å². The average molecular weight is 294 g/mol. The van der Waals surface area contributed by atoms with Crippen LogP contribution in [0.5, 0.6) is 0 Å². The Morgan fingerprint density at radius 1 is 1.24 bits per heavy atom. The number of rotatable bonds is 2. The van der Waals surface area contributed by atoms with Crippen LogP contribution in [0, 0.1) is 5.92 Å². The van der Waals surface area contributed by atoms with Crippen LogP contribution in [-0.2, 0) is 4.79 Å². The minimum Gasteiger partial charge on any atom is -0.350 e. The van der Waals surface area contributed by atoms with Crippen LogP contribution in [0.2, 0.25) is 0 Å². The van der Waals surface area contributed by atoms with E-state index in [-0.39, 0.29) is 23.9 Å². The summed E-state index contributed by atoms with van der Waals surface area (Å²) in [6, 6.07) is 0.397. The van der Waals surface area contributed by atoms with Crippen molar-refractivity contribution in [3.63, 3.8) is 0 Å². The predicted octanol–water partition coefficient (Wildman–Crippen LogP) is 0.391. The van der Waals surface area contributed by atoms with E-state index in [1.807, 2.05) is 4.90 Å². The molecule has 2 saturated heterocycles. The smallest absolute Gasteiger partial charge is 0.317 e. The first-order valence-corrected chi connectivity index (χ1v) is 8.24. The molecule has 2 atom stereocenters. The highest BCUT2D eigenvalue weighted by molar-refractivity contribution is 5.82. The van der Waals surface area contributed by atoms with Crippen molar-refractivity contribution in [2.75, 3.05) is 32.7 Å². The van der Waals surface area contributed by atoms with E-state index < -0.39 is 0 Å². The van der Waals surface area contributed by atoms with Gasteiger partial charge in [0.1, 0.15) is 0 Å². The van der Waals surface area contributed by atoms with Crippen molar-refractivity contribution in [1.29, 1.82) is 0 Å². The molecule has 3 rings (SSSR count). The number of fused-ring (bicyclic) bond motifs is 3. The van der Waals surface area contributed by atoms with Crippen LogP contribution in [0.3, 0.4) is 0 Å². The quantitative estimate of drug-likeness (QED) is 0.774. The summed E-state index contributed by atoms with van der Waals surface area (Å²) in [7, 11) is 0. The molecule has 6 heteroatoms. The lowest BCUT2D eigenvalue weighted by molar-refractivity contribution is -0.124. The average Bonchev–Trinajstić information content (AvgIpc) is 2.82. The molecule has 0 aromatic heterocycles. The molecule has 0 aromatic rings. The largest absolute Gasteiger partial charge is 0.350 e. The van der Waals surface area contributed by atoms with E-state index in [9.17, 15) is 9.59 Å². The summed E-state index contributed by atoms with van der Waals surface area (Å²) in [6.07, 6.45) is 4.60. The summed E-state index contributed by atoms with van der Waals surface area (Å²) in [5.41, 5.74) is 0. The van der Waals surface area contributed by atoms with Gasteiger partial charge < -0.3 is 20.4 Å². The Morgan fingerprint density at radius 3 is 2.71 bits per heavy atom. The molecule has 3 aliphatic rings. The van der Waals surface area contributed by atoms with Gasteiger partial charge in [-0.05, 0) is 19.4 Å². The van der Waals surface area contributed by atoms with Crippen LogP contribution in [0.15, 0.2) is 0 Å². The first kappa shape index (κ1) is 14.6. The van der Waals surface area contributed by atoms with Gasteiger partial charge in [0.25, 0.3) is 0 Å². The van der Waals surface area contributed by atoms with Crippen molar-refractivity contribution < 1.29 is 9.59 Å². The number of urea groups is 1. The number of carbonyl (C=O) groups is 2. The van der Waals surface area contributed by atoms with Crippen molar-refractivity contribution in [3.05, 3.63) is 0 Å². The van der Waals surface area contributed by atoms with Gasteiger partial charge in [-0.2, -0.15) is 0 Å². The molecule has 0 unspecified atom stereocenters. The van der Waals surface area contributed by atoms with Crippen LogP contribution in [-0.4, -0.2) is 66.5 Å². The van der Waals surface area contributed by atoms with E-state index in [0.717, 1.165) is 32.5 Å². The van der Waals surface area contributed by atoms with E-state index in [4.69, 9.17) is 0 Å². The molecule has 1 aliphatic carbocycles. The highest BCUT2D eigenvalue weighted by Gasteiger charge is 2.37. The molecular weight excluding hydrogens is 268 g/mol. The zero-order valence-electron chi connectivity index (χ0n) is 12.8. The lowest BCUT2D eigenvalue weighted by Gasteiger charge is -2.33. The molecule has 3 amide bonds. The van der Waals surface area contributed by atoms with Gasteiger partial charge in [-0.1, -0.05) is 19.8 Å². The Labute approximate surface area is 126 Å². The number of nitrogens with one attached hydrogen (secondary N) is 2. The van der Waals surface area contributed by atoms with Crippen LogP contribution in [0.1, 0.15) is 32.6 Å². The van der Waals surface area contributed by atoms with Gasteiger partial charge in [0.15, 0.2) is 0 Å². The topological polar surface area (TPSA) is 64.7 Å². The van der Waals surface area contributed by atoms with Gasteiger partial charge in [0.05, 0.1) is 12.0 Å². The molecule has 3 fully saturated rings. The van der Waals surface area contributed by atoms with Crippen molar-refractivity contribution >= 4 is 11.9 Å². The molecule has 0 aromatic carbocycles. The fourth-order valence-electron chi connectivity index (χ4n) is 3.76. The summed E-state index contributed by atoms with van der Waals surface area (Å²) >= 11 is 0. The number of amides is 3.